The van der Waals surface area contributed by atoms with Gasteiger partial charge in [-0.15, -0.1) is 5.10 Å². The van der Waals surface area contributed by atoms with Crippen molar-refractivity contribution in [2.75, 3.05) is 12.3 Å². The van der Waals surface area contributed by atoms with Crippen molar-refractivity contribution in [3.05, 3.63) is 41.8 Å². The number of fused-ring (bicyclic) bond motifs is 2. The Morgan fingerprint density at radius 3 is 2.83 bits per heavy atom. The van der Waals surface area contributed by atoms with Gasteiger partial charge in [-0.2, -0.15) is 5.06 Å². The lowest BCUT2D eigenvalue weighted by Crippen LogP contribution is -2.34. The number of aromatic nitrogens is 2. The maximum absolute atomic E-state index is 12.6. The molecule has 2 saturated heterocycles. The van der Waals surface area contributed by atoms with Crippen LogP contribution in [0.5, 0.6) is 0 Å². The Labute approximate surface area is 132 Å². The van der Waals surface area contributed by atoms with Crippen molar-refractivity contribution in [2.24, 2.45) is 0 Å². The van der Waals surface area contributed by atoms with Gasteiger partial charge in [-0.3, -0.25) is 4.84 Å². The molecule has 1 aromatic heterocycles. The lowest BCUT2D eigenvalue weighted by molar-refractivity contribution is -0.140. The Morgan fingerprint density at radius 2 is 2.09 bits per heavy atom. The highest BCUT2D eigenvalue weighted by Gasteiger charge is 2.47. The highest BCUT2D eigenvalue weighted by molar-refractivity contribution is 5.77. The van der Waals surface area contributed by atoms with Crippen molar-refractivity contribution in [3.63, 3.8) is 0 Å². The van der Waals surface area contributed by atoms with Crippen molar-refractivity contribution < 1.29 is 14.0 Å². The van der Waals surface area contributed by atoms with Crippen LogP contribution in [0.2, 0.25) is 0 Å². The van der Waals surface area contributed by atoms with Crippen LogP contribution >= 0.6 is 0 Å². The number of carbonyl (C=O) groups is 1. The van der Waals surface area contributed by atoms with Gasteiger partial charge in [-0.05, 0) is 18.4 Å². The molecular weight excluding hydrogens is 298 g/mol. The lowest BCUT2D eigenvalue weighted by atomic mass is 10.0. The van der Waals surface area contributed by atoms with Crippen molar-refractivity contribution >= 4 is 12.0 Å². The van der Waals surface area contributed by atoms with E-state index in [1.165, 1.54) is 5.06 Å². The smallest absolute Gasteiger partial charge is 0.345 e. The molecule has 23 heavy (non-hydrogen) atoms. The molecule has 2 N–H and O–H groups in total. The third kappa shape index (κ3) is 2.50. The average Bonchev–Trinajstić information content (AvgIpc) is 3.11. The molecule has 2 aliphatic rings. The Hall–Kier alpha value is -2.61. The molecule has 3 heterocycles. The van der Waals surface area contributed by atoms with Gasteiger partial charge in [0.15, 0.2) is 0 Å². The molecule has 2 fully saturated rings. The van der Waals surface area contributed by atoms with Crippen LogP contribution in [-0.4, -0.2) is 38.8 Å². The number of nitrogens with two attached hydrogens (primary N) is 1. The average molecular weight is 315 g/mol. The highest BCUT2D eigenvalue weighted by atomic mass is 16.7. The summed E-state index contributed by atoms with van der Waals surface area (Å²) in [7, 11) is 0. The maximum atomic E-state index is 12.6. The first kappa shape index (κ1) is 14.0. The molecule has 2 aliphatic heterocycles. The Bertz CT molecular complexity index is 704. The second-order valence-electron chi connectivity index (χ2n) is 5.75. The van der Waals surface area contributed by atoms with Crippen LogP contribution in [0.15, 0.2) is 34.7 Å². The van der Waals surface area contributed by atoms with Crippen molar-refractivity contribution in [2.45, 2.75) is 31.5 Å². The van der Waals surface area contributed by atoms with Crippen LogP contribution in [0, 0.1) is 0 Å². The molecule has 2 aromatic rings. The van der Waals surface area contributed by atoms with E-state index < -0.39 is 0 Å². The number of nitrogens with zero attached hydrogens (tertiary/aromatic N) is 4. The number of rotatable bonds is 4. The summed E-state index contributed by atoms with van der Waals surface area (Å²) in [6, 6.07) is 9.47. The number of benzene rings is 1. The molecule has 0 spiro atoms. The largest absolute Gasteiger partial charge is 0.406 e. The van der Waals surface area contributed by atoms with Gasteiger partial charge in [-0.1, -0.05) is 35.4 Å². The van der Waals surface area contributed by atoms with Crippen LogP contribution in [0.25, 0.3) is 0 Å². The fraction of sp³-hybridized carbons (Fsp3) is 0.400. The Morgan fingerprint density at radius 1 is 1.26 bits per heavy atom. The molecule has 8 nitrogen and oxygen atoms in total. The Balaban J connectivity index is 1.47. The third-order valence-electron chi connectivity index (χ3n) is 4.28. The zero-order valence-corrected chi connectivity index (χ0v) is 12.5. The first-order valence-electron chi connectivity index (χ1n) is 7.58. The highest BCUT2D eigenvalue weighted by Crippen LogP contribution is 2.38. The standard InChI is InChI=1S/C15H17N5O3/c16-14-18-17-13(23-14)12-7-6-11-8-19(12)15(21)20(11)22-9-10-4-2-1-3-5-10/h1-5,11-12H,6-9H2,(H2,16,18)/t11-,12+/m1/s1. The van der Waals surface area contributed by atoms with Gasteiger partial charge in [0.05, 0.1) is 6.04 Å². The zero-order chi connectivity index (χ0) is 15.8. The van der Waals surface area contributed by atoms with E-state index in [9.17, 15) is 4.79 Å². The van der Waals surface area contributed by atoms with Crippen LogP contribution in [0.1, 0.15) is 30.3 Å². The van der Waals surface area contributed by atoms with Gasteiger partial charge < -0.3 is 15.1 Å². The number of piperidine rings is 1. The molecule has 2 bridgehead atoms. The molecule has 0 aliphatic carbocycles. The monoisotopic (exact) mass is 315 g/mol. The normalized spacial score (nSPS) is 23.6. The van der Waals surface area contributed by atoms with Gasteiger partial charge in [0.25, 0.3) is 0 Å². The third-order valence-corrected chi connectivity index (χ3v) is 4.28. The summed E-state index contributed by atoms with van der Waals surface area (Å²) in [6.45, 7) is 0.968. The molecule has 2 atom stereocenters. The zero-order valence-electron chi connectivity index (χ0n) is 12.5. The van der Waals surface area contributed by atoms with Crippen molar-refractivity contribution in [3.8, 4) is 0 Å². The first-order chi connectivity index (χ1) is 11.2. The van der Waals surface area contributed by atoms with Crippen molar-refractivity contribution in [1.82, 2.24) is 20.2 Å². The van der Waals surface area contributed by atoms with E-state index in [4.69, 9.17) is 15.0 Å². The summed E-state index contributed by atoms with van der Waals surface area (Å²) >= 11 is 0. The minimum absolute atomic E-state index is 0.0194. The Kier molecular flexibility index (Phi) is 3.38. The van der Waals surface area contributed by atoms with Crippen molar-refractivity contribution in [1.29, 1.82) is 0 Å². The van der Waals surface area contributed by atoms with E-state index in [-0.39, 0.29) is 24.1 Å². The fourth-order valence-electron chi connectivity index (χ4n) is 3.15. The van der Waals surface area contributed by atoms with E-state index in [2.05, 4.69) is 10.2 Å². The molecule has 0 unspecified atom stereocenters. The number of hydroxylamine groups is 2. The van der Waals surface area contributed by atoms with Gasteiger partial charge in [0.1, 0.15) is 12.6 Å². The predicted octanol–water partition coefficient (Wildman–Crippen LogP) is 1.72. The summed E-state index contributed by atoms with van der Waals surface area (Å²) in [4.78, 5) is 20.1. The van der Waals surface area contributed by atoms with Crippen LogP contribution in [0.4, 0.5) is 10.8 Å². The van der Waals surface area contributed by atoms with Crippen LogP contribution in [0.3, 0.4) is 0 Å². The maximum Gasteiger partial charge on any atom is 0.345 e. The lowest BCUT2D eigenvalue weighted by Gasteiger charge is -2.27. The fourth-order valence-corrected chi connectivity index (χ4v) is 3.15. The summed E-state index contributed by atoms with van der Waals surface area (Å²) in [6.07, 6.45) is 1.58. The summed E-state index contributed by atoms with van der Waals surface area (Å²) in [5.41, 5.74) is 6.50. The number of anilines is 1. The molecule has 4 rings (SSSR count). The molecule has 2 amide bonds. The molecular formula is C15H17N5O3. The summed E-state index contributed by atoms with van der Waals surface area (Å²) < 4.78 is 5.29. The van der Waals surface area contributed by atoms with Crippen LogP contribution in [-0.2, 0) is 11.4 Å². The molecule has 1 aromatic carbocycles. The number of urea groups is 1. The first-order valence-corrected chi connectivity index (χ1v) is 7.58. The van der Waals surface area contributed by atoms with E-state index in [1.807, 2.05) is 30.3 Å². The summed E-state index contributed by atoms with van der Waals surface area (Å²) in [5, 5.41) is 9.07. The van der Waals surface area contributed by atoms with Gasteiger partial charge in [0.2, 0.25) is 5.89 Å². The molecule has 0 saturated carbocycles. The number of carbonyl (C=O) groups excluding carboxylic acids is 1. The topological polar surface area (TPSA) is 97.7 Å². The van der Waals surface area contributed by atoms with Gasteiger partial charge in [-0.25, -0.2) is 4.79 Å². The molecule has 8 heteroatoms. The minimum atomic E-state index is -0.228. The van der Waals surface area contributed by atoms with E-state index in [0.29, 0.717) is 19.0 Å². The second kappa shape index (κ2) is 5.54. The molecule has 120 valence electrons. The quantitative estimate of drug-likeness (QED) is 0.922. The predicted molar refractivity (Wildman–Crippen MR) is 79.6 cm³/mol. The van der Waals surface area contributed by atoms with E-state index >= 15 is 0 Å². The summed E-state index contributed by atoms with van der Waals surface area (Å²) in [5.74, 6) is 0.388. The number of hydrogen-bond donors (Lipinski definition) is 1. The van der Waals surface area contributed by atoms with E-state index in [0.717, 1.165) is 18.4 Å². The minimum Gasteiger partial charge on any atom is -0.406 e. The second-order valence-corrected chi connectivity index (χ2v) is 5.75. The van der Waals surface area contributed by atoms with Crippen LogP contribution < -0.4 is 5.73 Å². The molecule has 0 radical (unpaired) electrons. The number of amides is 2. The SMILES string of the molecule is Nc1nnc([C@@H]2CC[C@@H]3CN2C(=O)N3OCc2ccccc2)o1. The van der Waals surface area contributed by atoms with E-state index in [1.54, 1.807) is 4.90 Å². The number of hydrogen-bond acceptors (Lipinski definition) is 6. The number of nitrogen functional groups attached to an aromatic ring is 1. The van der Waals surface area contributed by atoms with Gasteiger partial charge >= 0.3 is 12.0 Å². The van der Waals surface area contributed by atoms with Gasteiger partial charge in [0, 0.05) is 6.54 Å².